The molecule has 214 valence electrons. The Morgan fingerprint density at radius 3 is 2.41 bits per heavy atom. The largest absolute Gasteiger partial charge is 0.492 e. The lowest BCUT2D eigenvalue weighted by Gasteiger charge is -2.08. The summed E-state index contributed by atoms with van der Waals surface area (Å²) in [6.45, 7) is 0.430. The van der Waals surface area contributed by atoms with Gasteiger partial charge >= 0.3 is 11.9 Å². The number of ether oxygens (including phenoxy) is 2. The van der Waals surface area contributed by atoms with Crippen molar-refractivity contribution >= 4 is 35.0 Å². The van der Waals surface area contributed by atoms with Gasteiger partial charge in [0, 0.05) is 18.0 Å². The zero-order valence-corrected chi connectivity index (χ0v) is 22.3. The second kappa shape index (κ2) is 14.1. The number of aromatic nitrogens is 2. The van der Waals surface area contributed by atoms with Gasteiger partial charge in [0.15, 0.2) is 11.6 Å². The number of hydrogen-bond donors (Lipinski definition) is 2. The molecule has 0 aliphatic carbocycles. The molecule has 41 heavy (non-hydrogen) atoms. The Kier molecular flexibility index (Phi) is 10.0. The highest BCUT2D eigenvalue weighted by atomic mass is 19.2. The van der Waals surface area contributed by atoms with Crippen molar-refractivity contribution in [2.75, 3.05) is 13.2 Å². The first-order valence-electron chi connectivity index (χ1n) is 13.2. The topological polar surface area (TPSA) is 111 Å². The zero-order chi connectivity index (χ0) is 29.2. The number of unbranched alkanes of at least 4 members (excludes halogenated alkanes) is 1. The van der Waals surface area contributed by atoms with Crippen LogP contribution < -0.4 is 9.47 Å². The summed E-state index contributed by atoms with van der Waals surface area (Å²) in [7, 11) is 0. The van der Waals surface area contributed by atoms with Gasteiger partial charge in [0.25, 0.3) is 0 Å². The van der Waals surface area contributed by atoms with Crippen LogP contribution in [0.15, 0.2) is 60.9 Å². The molecule has 0 radical (unpaired) electrons. The molecule has 2 N–H and O–H groups in total. The second-order valence-electron chi connectivity index (χ2n) is 9.37. The summed E-state index contributed by atoms with van der Waals surface area (Å²) in [6, 6.07) is 13.1. The van der Waals surface area contributed by atoms with Gasteiger partial charge in [0.1, 0.15) is 12.3 Å². The molecule has 4 aromatic rings. The molecule has 0 aliphatic rings. The minimum Gasteiger partial charge on any atom is -0.492 e. The van der Waals surface area contributed by atoms with Crippen LogP contribution in [0.25, 0.3) is 23.1 Å². The third-order valence-corrected chi connectivity index (χ3v) is 6.33. The number of rotatable bonds is 15. The molecule has 0 fully saturated rings. The van der Waals surface area contributed by atoms with Gasteiger partial charge < -0.3 is 24.3 Å². The number of benzene rings is 2. The van der Waals surface area contributed by atoms with Crippen LogP contribution in [-0.4, -0.2) is 44.9 Å². The van der Waals surface area contributed by atoms with Gasteiger partial charge in [-0.15, -0.1) is 0 Å². The molecule has 10 heteroatoms. The monoisotopic (exact) mass is 564 g/mol. The molecule has 4 rings (SSSR count). The second-order valence-corrected chi connectivity index (χ2v) is 9.37. The summed E-state index contributed by atoms with van der Waals surface area (Å²) in [6.07, 6.45) is 9.36. The van der Waals surface area contributed by atoms with Crippen molar-refractivity contribution in [3.05, 3.63) is 89.4 Å². The van der Waals surface area contributed by atoms with E-state index in [1.165, 1.54) is 12.1 Å². The SMILES string of the molecule is O=C(O)CCCc1cn(CC(=O)O)c2c(/C=C/c3ccc(OCCCCOc4cccc(F)c4F)cn3)cccc12. The lowest BCUT2D eigenvalue weighted by molar-refractivity contribution is -0.138. The standard InChI is InChI=1S/C31H30F2N2O6/c32-26-9-5-10-27(30(26)33)41-17-2-1-16-40-24-15-14-23(34-18-24)13-12-21-6-3-8-25-22(7-4-11-28(36)37)19-35(31(21)25)20-29(38)39/h3,5-6,8-10,12-15,18-19H,1-2,4,7,11,16-17,20H2,(H,36,37)(H,38,39)/b13-12+. The van der Waals surface area contributed by atoms with Crippen molar-refractivity contribution in [2.24, 2.45) is 0 Å². The normalized spacial score (nSPS) is 11.3. The highest BCUT2D eigenvalue weighted by Crippen LogP contribution is 2.28. The van der Waals surface area contributed by atoms with Crippen molar-refractivity contribution in [1.82, 2.24) is 9.55 Å². The molecule has 0 amide bonds. The number of aryl methyl sites for hydroxylation is 1. The molecule has 2 aromatic heterocycles. The van der Waals surface area contributed by atoms with Gasteiger partial charge in [0.05, 0.1) is 30.6 Å². The molecule has 0 saturated heterocycles. The molecule has 0 unspecified atom stereocenters. The number of nitrogens with zero attached hydrogens (tertiary/aromatic N) is 2. The fraction of sp³-hybridized carbons (Fsp3) is 0.258. The summed E-state index contributed by atoms with van der Waals surface area (Å²) in [4.78, 5) is 26.8. The van der Waals surface area contributed by atoms with Crippen LogP contribution in [0.1, 0.15) is 42.5 Å². The maximum Gasteiger partial charge on any atom is 0.323 e. The molecule has 8 nitrogen and oxygen atoms in total. The molecule has 0 bridgehead atoms. The predicted molar refractivity (Wildman–Crippen MR) is 150 cm³/mol. The summed E-state index contributed by atoms with van der Waals surface area (Å²) in [5.41, 5.74) is 3.17. The Morgan fingerprint density at radius 2 is 1.68 bits per heavy atom. The van der Waals surface area contributed by atoms with Crippen LogP contribution in [0.2, 0.25) is 0 Å². The molecule has 2 heterocycles. The fourth-order valence-corrected chi connectivity index (χ4v) is 4.42. The van der Waals surface area contributed by atoms with Crippen LogP contribution in [-0.2, 0) is 22.6 Å². The van der Waals surface area contributed by atoms with Gasteiger partial charge in [-0.1, -0.05) is 30.3 Å². The number of halogens is 2. The first-order chi connectivity index (χ1) is 19.8. The van der Waals surface area contributed by atoms with Gasteiger partial charge in [-0.2, -0.15) is 4.39 Å². The van der Waals surface area contributed by atoms with Crippen molar-refractivity contribution in [3.63, 3.8) is 0 Å². The first kappa shape index (κ1) is 29.3. The number of aliphatic carboxylic acids is 2. The van der Waals surface area contributed by atoms with E-state index >= 15 is 0 Å². The molecular weight excluding hydrogens is 534 g/mol. The van der Waals surface area contributed by atoms with Crippen LogP contribution >= 0.6 is 0 Å². The Bertz CT molecular complexity index is 1530. The van der Waals surface area contributed by atoms with Crippen LogP contribution in [0.4, 0.5) is 8.78 Å². The van der Waals surface area contributed by atoms with Crippen molar-refractivity contribution in [3.8, 4) is 11.5 Å². The van der Waals surface area contributed by atoms with Gasteiger partial charge in [-0.25, -0.2) is 4.39 Å². The minimum absolute atomic E-state index is 0.0444. The summed E-state index contributed by atoms with van der Waals surface area (Å²) >= 11 is 0. The molecule has 0 aliphatic heterocycles. The van der Waals surface area contributed by atoms with Crippen LogP contribution in [0.5, 0.6) is 11.5 Å². The molecule has 0 spiro atoms. The Labute approximate surface area is 235 Å². The van der Waals surface area contributed by atoms with Gasteiger partial charge in [0.2, 0.25) is 5.82 Å². The zero-order valence-electron chi connectivity index (χ0n) is 22.3. The number of hydrogen-bond acceptors (Lipinski definition) is 5. The molecule has 0 atom stereocenters. The Hall–Kier alpha value is -4.73. The number of carboxylic acids is 2. The van der Waals surface area contributed by atoms with E-state index < -0.39 is 23.6 Å². The quantitative estimate of drug-likeness (QED) is 0.165. The van der Waals surface area contributed by atoms with Crippen molar-refractivity contribution < 1.29 is 38.1 Å². The highest BCUT2D eigenvalue weighted by molar-refractivity contribution is 5.94. The number of pyridine rings is 1. The minimum atomic E-state index is -0.993. The van der Waals surface area contributed by atoms with Crippen molar-refractivity contribution in [2.45, 2.75) is 38.6 Å². The third-order valence-electron chi connectivity index (χ3n) is 6.33. The Morgan fingerprint density at radius 1 is 0.902 bits per heavy atom. The number of para-hydroxylation sites is 1. The van der Waals surface area contributed by atoms with E-state index in [2.05, 4.69) is 4.98 Å². The maximum absolute atomic E-state index is 13.6. The molecular formula is C31H30F2N2O6. The van der Waals surface area contributed by atoms with Crippen molar-refractivity contribution in [1.29, 1.82) is 0 Å². The first-order valence-corrected chi connectivity index (χ1v) is 13.2. The third kappa shape index (κ3) is 8.14. The van der Waals surface area contributed by atoms with Crippen LogP contribution in [0.3, 0.4) is 0 Å². The van der Waals surface area contributed by atoms with E-state index in [-0.39, 0.29) is 25.3 Å². The van der Waals surface area contributed by atoms with E-state index in [9.17, 15) is 23.5 Å². The van der Waals surface area contributed by atoms with E-state index in [0.29, 0.717) is 43.7 Å². The summed E-state index contributed by atoms with van der Waals surface area (Å²) < 4.78 is 39.5. The number of fused-ring (bicyclic) bond motifs is 1. The Balaban J connectivity index is 1.34. The predicted octanol–water partition coefficient (Wildman–Crippen LogP) is 6.21. The maximum atomic E-state index is 13.6. The smallest absolute Gasteiger partial charge is 0.323 e. The van der Waals surface area contributed by atoms with Gasteiger partial charge in [-0.3, -0.25) is 14.6 Å². The van der Waals surface area contributed by atoms with E-state index in [1.807, 2.05) is 30.4 Å². The summed E-state index contributed by atoms with van der Waals surface area (Å²) in [5, 5.41) is 19.3. The number of carboxylic acid groups (broad SMARTS) is 2. The fourth-order valence-electron chi connectivity index (χ4n) is 4.42. The van der Waals surface area contributed by atoms with E-state index in [4.69, 9.17) is 14.6 Å². The average molecular weight is 565 g/mol. The molecule has 0 saturated carbocycles. The molecule has 2 aromatic carbocycles. The lowest BCUT2D eigenvalue weighted by Crippen LogP contribution is -2.07. The van der Waals surface area contributed by atoms with E-state index in [1.54, 1.807) is 29.1 Å². The summed E-state index contributed by atoms with van der Waals surface area (Å²) in [5.74, 6) is -3.29. The van der Waals surface area contributed by atoms with Gasteiger partial charge in [-0.05, 0) is 67.2 Å². The highest BCUT2D eigenvalue weighted by Gasteiger charge is 2.14. The number of carbonyl (C=O) groups is 2. The van der Waals surface area contributed by atoms with Crippen LogP contribution in [0, 0.1) is 11.6 Å². The lowest BCUT2D eigenvalue weighted by atomic mass is 10.0. The van der Waals surface area contributed by atoms with E-state index in [0.717, 1.165) is 28.1 Å². The average Bonchev–Trinajstić information content (AvgIpc) is 3.29.